The second-order valence-corrected chi connectivity index (χ2v) is 10.9. The van der Waals surface area contributed by atoms with Crippen LogP contribution in [0.5, 0.6) is 11.5 Å². The molecule has 12 nitrogen and oxygen atoms in total. The quantitative estimate of drug-likeness (QED) is 0.0402. The highest BCUT2D eigenvalue weighted by molar-refractivity contribution is 6.00. The number of terminal acetylenes is 2. The summed E-state index contributed by atoms with van der Waals surface area (Å²) in [6.07, 6.45) is 24.0. The van der Waals surface area contributed by atoms with Crippen LogP contribution in [0.1, 0.15) is 145 Å². The Hall–Kier alpha value is -4.33. The summed E-state index contributed by atoms with van der Waals surface area (Å²) in [6, 6.07) is 3.33. The molecule has 0 saturated heterocycles. The van der Waals surface area contributed by atoms with Crippen molar-refractivity contribution >= 4 is 17.6 Å². The molecule has 0 bridgehead atoms. The number of carbonyl (C=O) groups is 2. The van der Waals surface area contributed by atoms with Crippen molar-refractivity contribution < 1.29 is 42.8 Å². The first-order valence-electron chi connectivity index (χ1n) is 21.8. The molecule has 1 amide bonds. The number of fused-ring (bicyclic) bond motifs is 1. The zero-order valence-corrected chi connectivity index (χ0v) is 40.5. The van der Waals surface area contributed by atoms with E-state index in [1.165, 1.54) is 6.42 Å². The monoisotopic (exact) mass is 850 g/mol. The SMILES string of the molecule is C#C.C#CC.CC.CC.CC.CC.CCC.CCCN(C)C(=O)CO/N=C1\C=C\CC(OCCCN)/C=C/CCOC(=O)c2c(cc(OCOCC)cc2OCOCC)C1. The normalized spacial score (nSPS) is 14.1. The molecule has 1 aliphatic heterocycles. The number of carbonyl (C=O) groups excluding carboxylic acids is 2. The van der Waals surface area contributed by atoms with Gasteiger partial charge in [0.15, 0.2) is 20.2 Å². The molecule has 0 aliphatic carbocycles. The zero-order chi connectivity index (χ0) is 47.4. The minimum Gasteiger partial charge on any atom is -0.467 e. The van der Waals surface area contributed by atoms with Gasteiger partial charge in [-0.05, 0) is 70.7 Å². The molecular formula is C48H87N3O9. The van der Waals surface area contributed by atoms with Gasteiger partial charge in [0.25, 0.3) is 5.91 Å². The van der Waals surface area contributed by atoms with Crippen LogP contribution in [0.4, 0.5) is 0 Å². The maximum atomic E-state index is 13.5. The molecule has 1 aromatic rings. The third-order valence-electron chi connectivity index (χ3n) is 6.33. The maximum Gasteiger partial charge on any atom is 0.342 e. The number of oxime groups is 1. The highest BCUT2D eigenvalue weighted by Gasteiger charge is 2.23. The predicted octanol–water partition coefficient (Wildman–Crippen LogP) is 10.4. The maximum absolute atomic E-state index is 13.5. The number of esters is 1. The number of cyclic esters (lactones) is 1. The number of nitrogens with two attached hydrogens (primary N) is 1. The van der Waals surface area contributed by atoms with Crippen molar-refractivity contribution in [1.29, 1.82) is 0 Å². The van der Waals surface area contributed by atoms with Gasteiger partial charge in [0, 0.05) is 45.9 Å². The first kappa shape index (κ1) is 67.4. The summed E-state index contributed by atoms with van der Waals surface area (Å²) in [6.45, 7) is 30.1. The molecule has 1 atom stereocenters. The van der Waals surface area contributed by atoms with Crippen molar-refractivity contribution in [2.45, 2.75) is 142 Å². The van der Waals surface area contributed by atoms with E-state index in [4.69, 9.17) is 39.0 Å². The van der Waals surface area contributed by atoms with E-state index < -0.39 is 5.97 Å². The van der Waals surface area contributed by atoms with E-state index >= 15 is 0 Å². The van der Waals surface area contributed by atoms with Crippen molar-refractivity contribution in [2.24, 2.45) is 10.9 Å². The van der Waals surface area contributed by atoms with E-state index in [2.05, 4.69) is 44.2 Å². The van der Waals surface area contributed by atoms with Crippen LogP contribution < -0.4 is 15.2 Å². The minimum atomic E-state index is -0.565. The first-order chi connectivity index (χ1) is 29.3. The third-order valence-corrected chi connectivity index (χ3v) is 6.33. The Kier molecular flexibility index (Phi) is 63.8. The largest absolute Gasteiger partial charge is 0.467 e. The van der Waals surface area contributed by atoms with Crippen LogP contribution in [0.15, 0.2) is 41.6 Å². The van der Waals surface area contributed by atoms with Gasteiger partial charge in [-0.25, -0.2) is 4.79 Å². The second-order valence-electron chi connectivity index (χ2n) is 10.9. The molecule has 0 aromatic heterocycles. The molecule has 0 radical (unpaired) electrons. The van der Waals surface area contributed by atoms with Crippen LogP contribution in [-0.2, 0) is 35.0 Å². The first-order valence-corrected chi connectivity index (χ1v) is 21.8. The molecule has 1 aliphatic rings. The number of hydrogen-bond donors (Lipinski definition) is 1. The Bertz CT molecular complexity index is 1240. The van der Waals surface area contributed by atoms with Gasteiger partial charge < -0.3 is 43.9 Å². The predicted molar refractivity (Wildman–Crippen MR) is 253 cm³/mol. The summed E-state index contributed by atoms with van der Waals surface area (Å²) in [5, 5.41) is 4.29. The second kappa shape index (κ2) is 56.8. The fraction of sp³-hybridized carbons (Fsp3) is 0.646. The highest BCUT2D eigenvalue weighted by atomic mass is 16.7. The summed E-state index contributed by atoms with van der Waals surface area (Å²) >= 11 is 0. The molecule has 348 valence electrons. The lowest BCUT2D eigenvalue weighted by atomic mass is 9.99. The Labute approximate surface area is 367 Å². The Balaban J connectivity index is -0.000000401. The van der Waals surface area contributed by atoms with E-state index in [1.54, 1.807) is 37.1 Å². The third kappa shape index (κ3) is 39.1. The molecule has 1 aromatic carbocycles. The summed E-state index contributed by atoms with van der Waals surface area (Å²) in [7, 11) is 1.72. The molecule has 60 heavy (non-hydrogen) atoms. The smallest absolute Gasteiger partial charge is 0.342 e. The van der Waals surface area contributed by atoms with Crippen molar-refractivity contribution in [1.82, 2.24) is 4.90 Å². The summed E-state index contributed by atoms with van der Waals surface area (Å²) in [5.74, 6) is 2.16. The fourth-order valence-corrected chi connectivity index (χ4v) is 4.05. The standard InChI is InChI=1S/C32H49N3O9.C3H8.C3H4.4C2H6.C2H2/c1-5-16-35(4)30(36)22-44-34-26-12-10-14-27(40-18-11-15-33)13-8-9-17-41-32(37)31-25(19-26)20-28(42-23-38-6-2)21-29(31)43-24-39-7-3;2*1-3-2;5*1-2/h8,10,12-13,20-21,27H,5-7,9,11,14-19,22-24,33H2,1-4H3;3H2,1-2H3;1H,2H3;4*1-2H3;1-2H/b12-10+,13-8+,34-26+;;;;;;;. The van der Waals surface area contributed by atoms with Crippen LogP contribution in [0.2, 0.25) is 0 Å². The average molecular weight is 850 g/mol. The number of ether oxygens (including phenoxy) is 6. The summed E-state index contributed by atoms with van der Waals surface area (Å²) < 4.78 is 34.0. The highest BCUT2D eigenvalue weighted by Crippen LogP contribution is 2.31. The van der Waals surface area contributed by atoms with E-state index in [9.17, 15) is 9.59 Å². The van der Waals surface area contributed by atoms with E-state index in [1.807, 2.05) is 94.4 Å². The molecule has 1 unspecified atom stereocenters. The van der Waals surface area contributed by atoms with Crippen molar-refractivity contribution in [3.8, 4) is 36.7 Å². The Morgan fingerprint density at radius 2 is 1.52 bits per heavy atom. The molecule has 2 rings (SSSR count). The minimum absolute atomic E-state index is 0.0138. The Morgan fingerprint density at radius 3 is 2.05 bits per heavy atom. The zero-order valence-electron chi connectivity index (χ0n) is 40.5. The number of rotatable bonds is 17. The van der Waals surface area contributed by atoms with Gasteiger partial charge in [-0.15, -0.1) is 25.2 Å². The van der Waals surface area contributed by atoms with Gasteiger partial charge in [0.2, 0.25) is 0 Å². The van der Waals surface area contributed by atoms with Crippen LogP contribution in [-0.4, -0.2) is 95.3 Å². The van der Waals surface area contributed by atoms with Crippen LogP contribution >= 0.6 is 0 Å². The van der Waals surface area contributed by atoms with Crippen LogP contribution in [0, 0.1) is 25.2 Å². The molecule has 1 heterocycles. The van der Waals surface area contributed by atoms with Crippen LogP contribution in [0.3, 0.4) is 0 Å². The van der Waals surface area contributed by atoms with Gasteiger partial charge >= 0.3 is 5.97 Å². The summed E-state index contributed by atoms with van der Waals surface area (Å²) in [4.78, 5) is 33.0. The molecule has 2 N–H and O–H groups in total. The van der Waals surface area contributed by atoms with Gasteiger partial charge in [0.05, 0.1) is 18.4 Å². The molecule has 0 fully saturated rings. The number of allylic oxidation sites excluding steroid dienone is 1. The topological polar surface area (TPSA) is 140 Å². The van der Waals surface area contributed by atoms with Gasteiger partial charge in [-0.1, -0.05) is 106 Å². The number of benzene rings is 1. The van der Waals surface area contributed by atoms with Gasteiger partial charge in [0.1, 0.15) is 17.1 Å². The van der Waals surface area contributed by atoms with Crippen LogP contribution in [0.25, 0.3) is 0 Å². The van der Waals surface area contributed by atoms with Gasteiger partial charge in [-0.3, -0.25) is 4.79 Å². The lowest BCUT2D eigenvalue weighted by Crippen LogP contribution is -2.30. The number of amides is 1. The average Bonchev–Trinajstić information content (AvgIpc) is 3.27. The van der Waals surface area contributed by atoms with E-state index in [0.29, 0.717) is 62.8 Å². The van der Waals surface area contributed by atoms with Gasteiger partial charge in [-0.2, -0.15) is 0 Å². The van der Waals surface area contributed by atoms with E-state index in [-0.39, 0.29) is 56.5 Å². The van der Waals surface area contributed by atoms with Crippen molar-refractivity contribution in [3.63, 3.8) is 0 Å². The molecular weight excluding hydrogens is 763 g/mol. The van der Waals surface area contributed by atoms with E-state index in [0.717, 1.165) is 12.8 Å². The summed E-state index contributed by atoms with van der Waals surface area (Å²) in [5.41, 5.74) is 6.84. The Morgan fingerprint density at radius 1 is 0.950 bits per heavy atom. The van der Waals surface area contributed by atoms with Crippen molar-refractivity contribution in [3.05, 3.63) is 47.6 Å². The van der Waals surface area contributed by atoms with Crippen molar-refractivity contribution in [2.75, 3.05) is 66.8 Å². The lowest BCUT2D eigenvalue weighted by molar-refractivity contribution is -0.134. The molecule has 0 spiro atoms. The number of hydrogen-bond acceptors (Lipinski definition) is 11. The lowest BCUT2D eigenvalue weighted by Gasteiger charge is -2.18. The molecule has 12 heteroatoms. The molecule has 0 saturated carbocycles. The number of nitrogens with zero attached hydrogens (tertiary/aromatic N) is 2. The number of likely N-dealkylation sites (N-methyl/N-ethyl adjacent to an activating group) is 1. The fourth-order valence-electron chi connectivity index (χ4n) is 4.05.